The Labute approximate surface area is 173 Å². The van der Waals surface area contributed by atoms with Crippen LogP contribution in [-0.2, 0) is 0 Å². The van der Waals surface area contributed by atoms with Crippen LogP contribution in [0, 0.1) is 18.7 Å². The van der Waals surface area contributed by atoms with E-state index >= 15 is 0 Å². The third kappa shape index (κ3) is 4.16. The van der Waals surface area contributed by atoms with E-state index in [2.05, 4.69) is 10.4 Å². The van der Waals surface area contributed by atoms with Gasteiger partial charge in [-0.2, -0.15) is 9.78 Å². The van der Waals surface area contributed by atoms with Crippen molar-refractivity contribution in [2.75, 3.05) is 6.61 Å². The van der Waals surface area contributed by atoms with Gasteiger partial charge in [0.2, 0.25) is 0 Å². The van der Waals surface area contributed by atoms with E-state index in [-0.39, 0.29) is 23.8 Å². The zero-order valence-corrected chi connectivity index (χ0v) is 16.5. The third-order valence-electron chi connectivity index (χ3n) is 5.26. The highest BCUT2D eigenvalue weighted by Gasteiger charge is 2.32. The second kappa shape index (κ2) is 8.20. The number of amides is 1. The molecule has 1 saturated carbocycles. The first kappa shape index (κ1) is 20.0. The van der Waals surface area contributed by atoms with Gasteiger partial charge in [0, 0.05) is 5.56 Å². The van der Waals surface area contributed by atoms with Crippen molar-refractivity contribution in [3.63, 3.8) is 0 Å². The van der Waals surface area contributed by atoms with Gasteiger partial charge in [0.05, 0.1) is 24.0 Å². The highest BCUT2D eigenvalue weighted by molar-refractivity contribution is 5.95. The van der Waals surface area contributed by atoms with Crippen LogP contribution in [0.3, 0.4) is 0 Å². The highest BCUT2D eigenvalue weighted by Crippen LogP contribution is 2.32. The minimum Gasteiger partial charge on any atom is -0.394 e. The maximum absolute atomic E-state index is 13.8. The number of hydrogen-bond donors (Lipinski definition) is 2. The Morgan fingerprint density at radius 3 is 2.60 bits per heavy atom. The van der Waals surface area contributed by atoms with Crippen LogP contribution >= 0.6 is 0 Å². The molecule has 1 fully saturated rings. The van der Waals surface area contributed by atoms with E-state index in [1.165, 1.54) is 24.3 Å². The summed E-state index contributed by atoms with van der Waals surface area (Å²) in [5.74, 6) is -0.864. The monoisotopic (exact) mass is 407 g/mol. The maximum Gasteiger partial charge on any atom is 0.284 e. The molecule has 1 unspecified atom stereocenters. The molecule has 154 valence electrons. The summed E-state index contributed by atoms with van der Waals surface area (Å²) < 4.78 is 14.8. The van der Waals surface area contributed by atoms with Gasteiger partial charge in [-0.1, -0.05) is 35.9 Å². The quantitative estimate of drug-likeness (QED) is 0.658. The van der Waals surface area contributed by atoms with Gasteiger partial charge in [0.15, 0.2) is 0 Å². The fourth-order valence-corrected chi connectivity index (χ4v) is 3.36. The molecule has 0 aliphatic heterocycles. The van der Waals surface area contributed by atoms with E-state index < -0.39 is 23.3 Å². The Balaban J connectivity index is 1.82. The smallest absolute Gasteiger partial charge is 0.284 e. The number of aromatic nitrogens is 2. The number of aryl methyl sites for hydroxylation is 1. The molecule has 2 N–H and O–H groups in total. The highest BCUT2D eigenvalue weighted by atomic mass is 19.1. The molecule has 0 spiro atoms. The first-order valence-electron chi connectivity index (χ1n) is 9.85. The number of rotatable bonds is 6. The van der Waals surface area contributed by atoms with Crippen molar-refractivity contribution < 1.29 is 14.3 Å². The molecule has 30 heavy (non-hydrogen) atoms. The van der Waals surface area contributed by atoms with Crippen molar-refractivity contribution in [2.45, 2.75) is 25.8 Å². The molecule has 7 heteroatoms. The molecule has 1 aliphatic rings. The van der Waals surface area contributed by atoms with Crippen LogP contribution < -0.4 is 10.9 Å². The van der Waals surface area contributed by atoms with Gasteiger partial charge in [0.25, 0.3) is 11.5 Å². The molecule has 1 aromatic heterocycles. The Bertz CT molecular complexity index is 1140. The zero-order valence-electron chi connectivity index (χ0n) is 16.5. The molecule has 6 nitrogen and oxygen atoms in total. The molecule has 1 amide bonds. The lowest BCUT2D eigenvalue weighted by Gasteiger charge is -2.16. The fraction of sp³-hybridized carbons (Fsp3) is 0.261. The predicted octanol–water partition coefficient (Wildman–Crippen LogP) is 2.85. The fourth-order valence-electron chi connectivity index (χ4n) is 3.36. The summed E-state index contributed by atoms with van der Waals surface area (Å²) in [6, 6.07) is 14.1. The number of nitrogens with one attached hydrogen (secondary N) is 1. The van der Waals surface area contributed by atoms with E-state index in [0.717, 1.165) is 28.7 Å². The first-order valence-corrected chi connectivity index (χ1v) is 9.85. The minimum atomic E-state index is -0.651. The van der Waals surface area contributed by atoms with Crippen LogP contribution in [0.4, 0.5) is 4.39 Å². The van der Waals surface area contributed by atoms with E-state index in [1.807, 2.05) is 31.2 Å². The van der Waals surface area contributed by atoms with E-state index in [1.54, 1.807) is 6.07 Å². The molecular weight excluding hydrogens is 385 g/mol. The van der Waals surface area contributed by atoms with Crippen molar-refractivity contribution in [3.8, 4) is 16.9 Å². The molecule has 4 rings (SSSR count). The lowest BCUT2D eigenvalue weighted by molar-refractivity contribution is 0.0906. The van der Waals surface area contributed by atoms with Crippen LogP contribution in [0.2, 0.25) is 0 Å². The first-order chi connectivity index (χ1) is 14.5. The van der Waals surface area contributed by atoms with Gasteiger partial charge in [-0.15, -0.1) is 0 Å². The van der Waals surface area contributed by atoms with Crippen molar-refractivity contribution in [1.82, 2.24) is 15.1 Å². The number of carbonyl (C=O) groups is 1. The Hall–Kier alpha value is -3.32. The number of halogens is 1. The van der Waals surface area contributed by atoms with Gasteiger partial charge in [-0.3, -0.25) is 9.59 Å². The van der Waals surface area contributed by atoms with E-state index in [4.69, 9.17) is 0 Å². The summed E-state index contributed by atoms with van der Waals surface area (Å²) in [6.45, 7) is 1.76. The second-order valence-corrected chi connectivity index (χ2v) is 7.61. The van der Waals surface area contributed by atoms with Crippen LogP contribution in [0.15, 0.2) is 59.4 Å². The minimum absolute atomic E-state index is 0.107. The van der Waals surface area contributed by atoms with Crippen LogP contribution in [-0.4, -0.2) is 33.4 Å². The molecule has 2 aromatic carbocycles. The third-order valence-corrected chi connectivity index (χ3v) is 5.26. The molecule has 0 saturated heterocycles. The number of aliphatic hydroxyl groups excluding tert-OH is 1. The van der Waals surface area contributed by atoms with Crippen LogP contribution in [0.5, 0.6) is 0 Å². The number of aliphatic hydroxyl groups is 1. The predicted molar refractivity (Wildman–Crippen MR) is 111 cm³/mol. The SMILES string of the molecule is Cc1ccc(-c2cc(C(=O)NC(CO)C3CC3)c(=O)n(-c3cccc(F)c3)n2)cc1. The Morgan fingerprint density at radius 2 is 1.97 bits per heavy atom. The lowest BCUT2D eigenvalue weighted by atomic mass is 10.1. The van der Waals surface area contributed by atoms with Crippen LogP contribution in [0.25, 0.3) is 16.9 Å². The van der Waals surface area contributed by atoms with Crippen molar-refractivity contribution in [2.24, 2.45) is 5.92 Å². The molecule has 0 radical (unpaired) electrons. The molecular formula is C23H22FN3O3. The van der Waals surface area contributed by atoms with Crippen molar-refractivity contribution in [3.05, 3.63) is 81.9 Å². The molecule has 0 bridgehead atoms. The average molecular weight is 407 g/mol. The normalized spacial score (nSPS) is 14.4. The molecule has 3 aromatic rings. The summed E-state index contributed by atoms with van der Waals surface area (Å²) in [7, 11) is 0. The van der Waals surface area contributed by atoms with Crippen LogP contribution in [0.1, 0.15) is 28.8 Å². The summed E-state index contributed by atoms with van der Waals surface area (Å²) in [6.07, 6.45) is 1.87. The van der Waals surface area contributed by atoms with Gasteiger partial charge in [-0.25, -0.2) is 4.39 Å². The lowest BCUT2D eigenvalue weighted by Crippen LogP contribution is -2.42. The van der Waals surface area contributed by atoms with Gasteiger partial charge < -0.3 is 10.4 Å². The number of hydrogen-bond acceptors (Lipinski definition) is 4. The van der Waals surface area contributed by atoms with E-state index in [0.29, 0.717) is 5.69 Å². The van der Waals surface area contributed by atoms with Gasteiger partial charge in [-0.05, 0) is 49.9 Å². The second-order valence-electron chi connectivity index (χ2n) is 7.61. The van der Waals surface area contributed by atoms with Crippen molar-refractivity contribution in [1.29, 1.82) is 0 Å². The zero-order chi connectivity index (χ0) is 21.3. The standard InChI is InChI=1S/C23H22FN3O3/c1-14-5-7-15(8-6-14)20-12-19(22(29)25-21(13-28)16-9-10-16)23(30)27(26-20)18-4-2-3-17(24)11-18/h2-8,11-12,16,21,28H,9-10,13H2,1H3,(H,25,29). The largest absolute Gasteiger partial charge is 0.394 e. The molecule has 1 atom stereocenters. The summed E-state index contributed by atoms with van der Waals surface area (Å²) in [5.41, 5.74) is 1.66. The van der Waals surface area contributed by atoms with Crippen molar-refractivity contribution >= 4 is 5.91 Å². The molecule has 1 heterocycles. The topological polar surface area (TPSA) is 84.2 Å². The average Bonchev–Trinajstić information content (AvgIpc) is 3.58. The number of nitrogens with zero attached hydrogens (tertiary/aromatic N) is 2. The number of carbonyl (C=O) groups excluding carboxylic acids is 1. The summed E-state index contributed by atoms with van der Waals surface area (Å²) >= 11 is 0. The maximum atomic E-state index is 13.8. The Kier molecular flexibility index (Phi) is 5.46. The van der Waals surface area contributed by atoms with Gasteiger partial charge in [0.1, 0.15) is 11.4 Å². The molecule has 1 aliphatic carbocycles. The van der Waals surface area contributed by atoms with E-state index in [9.17, 15) is 19.1 Å². The van der Waals surface area contributed by atoms with Gasteiger partial charge >= 0.3 is 0 Å². The number of benzene rings is 2. The Morgan fingerprint density at radius 1 is 1.23 bits per heavy atom. The summed E-state index contributed by atoms with van der Waals surface area (Å²) in [5, 5.41) is 16.7. The summed E-state index contributed by atoms with van der Waals surface area (Å²) in [4.78, 5) is 26.0.